The van der Waals surface area contributed by atoms with Gasteiger partial charge in [0, 0.05) is 18.3 Å². The molecule has 3 heteroatoms. The van der Waals surface area contributed by atoms with Crippen LogP contribution in [0.4, 0.5) is 5.69 Å². The van der Waals surface area contributed by atoms with Crippen molar-refractivity contribution in [2.24, 2.45) is 0 Å². The highest BCUT2D eigenvalue weighted by atomic mass is 35.5. The summed E-state index contributed by atoms with van der Waals surface area (Å²) in [6.45, 7) is 2.97. The number of rotatable bonds is 5. The van der Waals surface area contributed by atoms with Gasteiger partial charge >= 0.3 is 0 Å². The van der Waals surface area contributed by atoms with Crippen LogP contribution in [0.3, 0.4) is 0 Å². The molecule has 0 unspecified atom stereocenters. The summed E-state index contributed by atoms with van der Waals surface area (Å²) in [6, 6.07) is 14.2. The summed E-state index contributed by atoms with van der Waals surface area (Å²) in [4.78, 5) is 0. The first-order valence-electron chi connectivity index (χ1n) is 6.38. The topological polar surface area (TPSA) is 21.3 Å². The fourth-order valence-electron chi connectivity index (χ4n) is 2.04. The zero-order valence-corrected chi connectivity index (χ0v) is 12.0. The highest BCUT2D eigenvalue weighted by Crippen LogP contribution is 2.27. The number of halogens is 1. The molecule has 0 amide bonds. The molecule has 0 radical (unpaired) electrons. The number of ether oxygens (including phenoxy) is 1. The Morgan fingerprint density at radius 1 is 1.11 bits per heavy atom. The van der Waals surface area contributed by atoms with Crippen LogP contribution in [0, 0.1) is 0 Å². The minimum atomic E-state index is 0.627. The van der Waals surface area contributed by atoms with Crippen molar-refractivity contribution >= 4 is 17.3 Å². The molecule has 1 N–H and O–H groups in total. The molecule has 0 atom stereocenters. The summed E-state index contributed by atoms with van der Waals surface area (Å²) < 4.78 is 5.21. The average molecular weight is 276 g/mol. The second-order valence-corrected chi connectivity index (χ2v) is 4.73. The summed E-state index contributed by atoms with van der Waals surface area (Å²) in [5.74, 6) is 0.690. The maximum Gasteiger partial charge on any atom is 0.139 e. The standard InChI is InChI=1S/C16H18ClNO/c1-3-12-6-4-5-7-13(12)11-18-14-8-9-15(17)16(10-14)19-2/h4-10,18H,3,11H2,1-2H3. The molecule has 0 bridgehead atoms. The Morgan fingerprint density at radius 2 is 1.84 bits per heavy atom. The van der Waals surface area contributed by atoms with Gasteiger partial charge in [0.05, 0.1) is 12.1 Å². The number of anilines is 1. The van der Waals surface area contributed by atoms with Crippen molar-refractivity contribution in [1.82, 2.24) is 0 Å². The van der Waals surface area contributed by atoms with Gasteiger partial charge in [-0.1, -0.05) is 42.8 Å². The number of methoxy groups -OCH3 is 1. The van der Waals surface area contributed by atoms with Crippen LogP contribution < -0.4 is 10.1 Å². The predicted octanol–water partition coefficient (Wildman–Crippen LogP) is 4.52. The van der Waals surface area contributed by atoms with E-state index in [4.69, 9.17) is 16.3 Å². The number of aryl methyl sites for hydroxylation is 1. The van der Waals surface area contributed by atoms with Crippen LogP contribution >= 0.6 is 11.6 Å². The third-order valence-electron chi connectivity index (χ3n) is 3.13. The molecule has 100 valence electrons. The molecule has 2 aromatic carbocycles. The van der Waals surface area contributed by atoms with E-state index >= 15 is 0 Å². The van der Waals surface area contributed by atoms with E-state index in [1.807, 2.05) is 18.2 Å². The van der Waals surface area contributed by atoms with Crippen molar-refractivity contribution in [3.8, 4) is 5.75 Å². The SMILES string of the molecule is CCc1ccccc1CNc1ccc(Cl)c(OC)c1. The van der Waals surface area contributed by atoms with Crippen molar-refractivity contribution in [2.45, 2.75) is 19.9 Å². The van der Waals surface area contributed by atoms with E-state index in [9.17, 15) is 0 Å². The lowest BCUT2D eigenvalue weighted by atomic mass is 10.1. The fraction of sp³-hybridized carbons (Fsp3) is 0.250. The van der Waals surface area contributed by atoms with Gasteiger partial charge < -0.3 is 10.1 Å². The number of benzene rings is 2. The summed E-state index contributed by atoms with van der Waals surface area (Å²) in [6.07, 6.45) is 1.04. The van der Waals surface area contributed by atoms with Gasteiger partial charge in [0.1, 0.15) is 5.75 Å². The first-order chi connectivity index (χ1) is 9.24. The Bertz CT molecular complexity index is 554. The molecule has 0 saturated carbocycles. The molecule has 2 rings (SSSR count). The van der Waals surface area contributed by atoms with Gasteiger partial charge in [-0.05, 0) is 29.7 Å². The zero-order valence-electron chi connectivity index (χ0n) is 11.2. The monoisotopic (exact) mass is 275 g/mol. The lowest BCUT2D eigenvalue weighted by molar-refractivity contribution is 0.415. The number of hydrogen-bond acceptors (Lipinski definition) is 2. The third kappa shape index (κ3) is 3.42. The molecule has 0 heterocycles. The second kappa shape index (κ2) is 6.48. The van der Waals surface area contributed by atoms with Gasteiger partial charge in [-0.25, -0.2) is 0 Å². The lowest BCUT2D eigenvalue weighted by Gasteiger charge is -2.11. The van der Waals surface area contributed by atoms with Crippen LogP contribution in [0.1, 0.15) is 18.1 Å². The highest BCUT2D eigenvalue weighted by molar-refractivity contribution is 6.32. The Labute approximate surface area is 119 Å². The van der Waals surface area contributed by atoms with Gasteiger partial charge in [-0.2, -0.15) is 0 Å². The maximum absolute atomic E-state index is 6.01. The van der Waals surface area contributed by atoms with Crippen LogP contribution in [0.15, 0.2) is 42.5 Å². The molecule has 0 aliphatic rings. The van der Waals surface area contributed by atoms with E-state index in [1.54, 1.807) is 7.11 Å². The number of hydrogen-bond donors (Lipinski definition) is 1. The Kier molecular flexibility index (Phi) is 4.69. The minimum Gasteiger partial charge on any atom is -0.495 e. The summed E-state index contributed by atoms with van der Waals surface area (Å²) in [7, 11) is 1.62. The first kappa shape index (κ1) is 13.8. The Hall–Kier alpha value is -1.67. The molecule has 19 heavy (non-hydrogen) atoms. The first-order valence-corrected chi connectivity index (χ1v) is 6.76. The van der Waals surface area contributed by atoms with E-state index in [-0.39, 0.29) is 0 Å². The second-order valence-electron chi connectivity index (χ2n) is 4.33. The van der Waals surface area contributed by atoms with E-state index in [0.29, 0.717) is 10.8 Å². The summed E-state index contributed by atoms with van der Waals surface area (Å²) >= 11 is 6.01. The molecule has 0 aromatic heterocycles. The summed E-state index contributed by atoms with van der Waals surface area (Å²) in [5.41, 5.74) is 3.70. The van der Waals surface area contributed by atoms with Crippen LogP contribution in [0.25, 0.3) is 0 Å². The fourth-order valence-corrected chi connectivity index (χ4v) is 2.24. The molecule has 0 aliphatic heterocycles. The van der Waals surface area contributed by atoms with Gasteiger partial charge in [0.15, 0.2) is 0 Å². The van der Waals surface area contributed by atoms with Crippen LogP contribution in [0.5, 0.6) is 5.75 Å². The minimum absolute atomic E-state index is 0.627. The molecular formula is C16H18ClNO. The van der Waals surface area contributed by atoms with Crippen LogP contribution in [-0.4, -0.2) is 7.11 Å². The maximum atomic E-state index is 6.01. The van der Waals surface area contributed by atoms with Gasteiger partial charge in [0.25, 0.3) is 0 Å². The zero-order chi connectivity index (χ0) is 13.7. The molecule has 0 aliphatic carbocycles. The molecule has 0 saturated heterocycles. The van der Waals surface area contributed by atoms with Crippen molar-refractivity contribution in [3.05, 3.63) is 58.6 Å². The normalized spacial score (nSPS) is 10.3. The Morgan fingerprint density at radius 3 is 2.53 bits per heavy atom. The van der Waals surface area contributed by atoms with Crippen molar-refractivity contribution < 1.29 is 4.74 Å². The van der Waals surface area contributed by atoms with E-state index in [1.165, 1.54) is 11.1 Å². The Balaban J connectivity index is 2.10. The van der Waals surface area contributed by atoms with Gasteiger partial charge in [-0.15, -0.1) is 0 Å². The summed E-state index contributed by atoms with van der Waals surface area (Å²) in [5, 5.41) is 4.03. The van der Waals surface area contributed by atoms with Gasteiger partial charge in [0.2, 0.25) is 0 Å². The van der Waals surface area contributed by atoms with Crippen molar-refractivity contribution in [3.63, 3.8) is 0 Å². The highest BCUT2D eigenvalue weighted by Gasteiger charge is 2.03. The van der Waals surface area contributed by atoms with E-state index < -0.39 is 0 Å². The van der Waals surface area contributed by atoms with E-state index in [0.717, 1.165) is 18.7 Å². The number of nitrogens with one attached hydrogen (secondary N) is 1. The van der Waals surface area contributed by atoms with Crippen LogP contribution in [-0.2, 0) is 13.0 Å². The van der Waals surface area contributed by atoms with E-state index in [2.05, 4.69) is 36.5 Å². The van der Waals surface area contributed by atoms with Crippen molar-refractivity contribution in [2.75, 3.05) is 12.4 Å². The third-order valence-corrected chi connectivity index (χ3v) is 3.45. The molecule has 0 fully saturated rings. The molecule has 2 nitrogen and oxygen atoms in total. The smallest absolute Gasteiger partial charge is 0.139 e. The lowest BCUT2D eigenvalue weighted by Crippen LogP contribution is -2.02. The average Bonchev–Trinajstić information content (AvgIpc) is 2.46. The van der Waals surface area contributed by atoms with Crippen molar-refractivity contribution in [1.29, 1.82) is 0 Å². The van der Waals surface area contributed by atoms with Crippen LogP contribution in [0.2, 0.25) is 5.02 Å². The van der Waals surface area contributed by atoms with Gasteiger partial charge in [-0.3, -0.25) is 0 Å². The molecule has 2 aromatic rings. The quantitative estimate of drug-likeness (QED) is 0.866. The molecular weight excluding hydrogens is 258 g/mol. The molecule has 0 spiro atoms. The predicted molar refractivity (Wildman–Crippen MR) is 81.2 cm³/mol. The largest absolute Gasteiger partial charge is 0.495 e.